The second-order valence-corrected chi connectivity index (χ2v) is 8.68. The molecule has 0 saturated heterocycles. The number of aromatic nitrogens is 4. The van der Waals surface area contributed by atoms with E-state index in [1.54, 1.807) is 4.57 Å². The van der Waals surface area contributed by atoms with Crippen LogP contribution in [0.4, 0.5) is 5.82 Å². The average Bonchev–Trinajstić information content (AvgIpc) is 3.55. The number of hydrogen-bond acceptors (Lipinski definition) is 4. The van der Waals surface area contributed by atoms with Crippen molar-refractivity contribution in [3.63, 3.8) is 0 Å². The Hall–Kier alpha value is -3.41. The Kier molecular flexibility index (Phi) is 4.37. The quantitative estimate of drug-likeness (QED) is 0.546. The molecule has 2 aromatic carbocycles. The fourth-order valence-corrected chi connectivity index (χ4v) is 5.07. The van der Waals surface area contributed by atoms with Gasteiger partial charge in [0.1, 0.15) is 17.3 Å². The van der Waals surface area contributed by atoms with Gasteiger partial charge in [0.25, 0.3) is 0 Å². The van der Waals surface area contributed by atoms with E-state index in [0.717, 1.165) is 42.3 Å². The van der Waals surface area contributed by atoms with Crippen LogP contribution in [0.1, 0.15) is 43.0 Å². The van der Waals surface area contributed by atoms with Gasteiger partial charge in [-0.15, -0.1) is 0 Å². The summed E-state index contributed by atoms with van der Waals surface area (Å²) in [4.78, 5) is 23.5. The zero-order chi connectivity index (χ0) is 20.8. The summed E-state index contributed by atoms with van der Waals surface area (Å²) >= 11 is 0. The molecule has 6 heteroatoms. The molecule has 3 aliphatic heterocycles. The van der Waals surface area contributed by atoms with Crippen LogP contribution in [0.2, 0.25) is 0 Å². The maximum atomic E-state index is 13.6. The summed E-state index contributed by atoms with van der Waals surface area (Å²) in [6.45, 7) is 0.622. The number of hydrogen-bond donors (Lipinski definition) is 1. The van der Waals surface area contributed by atoms with E-state index in [2.05, 4.69) is 29.6 Å². The zero-order valence-corrected chi connectivity index (χ0v) is 17.4. The molecule has 0 unspecified atom stereocenters. The van der Waals surface area contributed by atoms with Crippen LogP contribution in [0.5, 0.6) is 0 Å². The van der Waals surface area contributed by atoms with Gasteiger partial charge in [-0.1, -0.05) is 61.4 Å². The second kappa shape index (κ2) is 7.38. The lowest BCUT2D eigenvalue weighted by atomic mass is 10.1. The molecule has 6 rings (SSSR count). The fourth-order valence-electron chi connectivity index (χ4n) is 5.07. The molecule has 2 aromatic rings. The predicted octanol–water partition coefficient (Wildman–Crippen LogP) is 4.23. The zero-order valence-electron chi connectivity index (χ0n) is 17.4. The SMILES string of the molecule is O=c1n2c(c3nc(C4CCCC4)nc-3n1-c1ccccc1)N[C@H](Cc1ccccc1)C2. The maximum Gasteiger partial charge on any atom is 0.336 e. The number of fused-ring (bicyclic) bond motifs is 3. The number of anilines is 1. The summed E-state index contributed by atoms with van der Waals surface area (Å²) in [7, 11) is 0. The van der Waals surface area contributed by atoms with Gasteiger partial charge in [-0.25, -0.2) is 19.3 Å². The van der Waals surface area contributed by atoms with E-state index in [-0.39, 0.29) is 11.7 Å². The van der Waals surface area contributed by atoms with Crippen molar-refractivity contribution in [2.75, 3.05) is 5.32 Å². The van der Waals surface area contributed by atoms with E-state index < -0.39 is 0 Å². The molecule has 4 aliphatic rings. The van der Waals surface area contributed by atoms with Crippen LogP contribution in [0.15, 0.2) is 65.5 Å². The Bertz CT molecular complexity index is 1240. The molecule has 3 heterocycles. The highest BCUT2D eigenvalue weighted by molar-refractivity contribution is 5.71. The summed E-state index contributed by atoms with van der Waals surface area (Å²) in [6.07, 6.45) is 5.57. The number of benzene rings is 2. The minimum Gasteiger partial charge on any atom is -0.365 e. The smallest absolute Gasteiger partial charge is 0.336 e. The molecule has 0 bridgehead atoms. The average molecular weight is 412 g/mol. The first-order chi connectivity index (χ1) is 15.3. The van der Waals surface area contributed by atoms with Gasteiger partial charge in [0.15, 0.2) is 5.82 Å². The van der Waals surface area contributed by atoms with Crippen LogP contribution in [0, 0.1) is 0 Å². The third kappa shape index (κ3) is 3.14. The number of rotatable bonds is 4. The van der Waals surface area contributed by atoms with Gasteiger partial charge in [-0.05, 0) is 37.0 Å². The van der Waals surface area contributed by atoms with Crippen molar-refractivity contribution in [2.45, 2.75) is 50.6 Å². The van der Waals surface area contributed by atoms with Crippen molar-refractivity contribution in [2.24, 2.45) is 0 Å². The Morgan fingerprint density at radius 2 is 1.65 bits per heavy atom. The van der Waals surface area contributed by atoms with Gasteiger partial charge >= 0.3 is 5.69 Å². The first-order valence-corrected chi connectivity index (χ1v) is 11.2. The van der Waals surface area contributed by atoms with Gasteiger partial charge < -0.3 is 5.32 Å². The third-order valence-electron chi connectivity index (χ3n) is 6.59. The van der Waals surface area contributed by atoms with E-state index in [9.17, 15) is 4.79 Å². The van der Waals surface area contributed by atoms with Gasteiger partial charge in [0.2, 0.25) is 0 Å². The molecule has 31 heavy (non-hydrogen) atoms. The minimum absolute atomic E-state index is 0.0605. The summed E-state index contributed by atoms with van der Waals surface area (Å²) in [5, 5.41) is 3.60. The minimum atomic E-state index is -0.0605. The highest BCUT2D eigenvalue weighted by Crippen LogP contribution is 2.38. The van der Waals surface area contributed by atoms with Gasteiger partial charge in [0.05, 0.1) is 5.69 Å². The topological polar surface area (TPSA) is 64.7 Å². The summed E-state index contributed by atoms with van der Waals surface area (Å²) in [6, 6.07) is 20.3. The van der Waals surface area contributed by atoms with E-state index in [0.29, 0.717) is 18.3 Å². The van der Waals surface area contributed by atoms with Crippen LogP contribution in [-0.4, -0.2) is 25.1 Å². The third-order valence-corrected chi connectivity index (χ3v) is 6.59. The van der Waals surface area contributed by atoms with Crippen LogP contribution in [0.3, 0.4) is 0 Å². The van der Waals surface area contributed by atoms with Crippen molar-refractivity contribution in [1.82, 2.24) is 19.1 Å². The van der Waals surface area contributed by atoms with Crippen molar-refractivity contribution < 1.29 is 0 Å². The molecule has 1 N–H and O–H groups in total. The van der Waals surface area contributed by atoms with Crippen molar-refractivity contribution >= 4 is 5.82 Å². The molecule has 6 nitrogen and oxygen atoms in total. The molecule has 1 saturated carbocycles. The van der Waals surface area contributed by atoms with E-state index in [1.807, 2.05) is 41.0 Å². The molecule has 0 radical (unpaired) electrons. The predicted molar refractivity (Wildman–Crippen MR) is 121 cm³/mol. The highest BCUT2D eigenvalue weighted by atomic mass is 16.1. The van der Waals surface area contributed by atoms with Crippen LogP contribution in [0.25, 0.3) is 17.2 Å². The molecule has 1 fully saturated rings. The summed E-state index contributed by atoms with van der Waals surface area (Å²) in [5.74, 6) is 2.76. The molecule has 1 aliphatic carbocycles. The van der Waals surface area contributed by atoms with Gasteiger partial charge in [-0.3, -0.25) is 4.57 Å². The molecular weight excluding hydrogens is 386 g/mol. The van der Waals surface area contributed by atoms with Crippen molar-refractivity contribution in [1.29, 1.82) is 0 Å². The number of nitrogens with one attached hydrogen (secondary N) is 1. The number of imidazole rings is 1. The van der Waals surface area contributed by atoms with Crippen LogP contribution < -0.4 is 11.0 Å². The lowest BCUT2D eigenvalue weighted by Gasteiger charge is -2.14. The Morgan fingerprint density at radius 3 is 2.39 bits per heavy atom. The Labute approximate surface area is 180 Å². The van der Waals surface area contributed by atoms with Gasteiger partial charge in [-0.2, -0.15) is 0 Å². The summed E-state index contributed by atoms with van der Waals surface area (Å²) in [5.41, 5.74) is 2.83. The van der Waals surface area contributed by atoms with Crippen molar-refractivity contribution in [3.8, 4) is 17.2 Å². The summed E-state index contributed by atoms with van der Waals surface area (Å²) < 4.78 is 3.58. The standard InChI is InChI=1S/C25H25N5O/c31-25-29-16-19(15-17-9-3-1-4-10-17)26-23(29)21-24(30(25)20-13-5-2-6-14-20)28-22(27-21)18-11-7-8-12-18/h1-6,9-10,13-14,18-19,26H,7-8,11-12,15-16H2/t19-/m1/s1. The lowest BCUT2D eigenvalue weighted by molar-refractivity contribution is 0.611. The first kappa shape index (κ1) is 18.4. The molecule has 1 atom stereocenters. The highest BCUT2D eigenvalue weighted by Gasteiger charge is 2.33. The second-order valence-electron chi connectivity index (χ2n) is 8.68. The first-order valence-electron chi connectivity index (χ1n) is 11.2. The van der Waals surface area contributed by atoms with Crippen molar-refractivity contribution in [3.05, 3.63) is 82.5 Å². The van der Waals surface area contributed by atoms with Crippen LogP contribution in [-0.2, 0) is 13.0 Å². The molecule has 156 valence electrons. The largest absolute Gasteiger partial charge is 0.365 e. The maximum absolute atomic E-state index is 13.6. The van der Waals surface area contributed by atoms with E-state index in [1.165, 1.54) is 18.4 Å². The van der Waals surface area contributed by atoms with E-state index in [4.69, 9.17) is 9.97 Å². The van der Waals surface area contributed by atoms with Crippen LogP contribution >= 0.6 is 0 Å². The number of nitrogens with zero attached hydrogens (tertiary/aromatic N) is 4. The monoisotopic (exact) mass is 411 g/mol. The Balaban J connectivity index is 1.48. The number of para-hydroxylation sites is 1. The Morgan fingerprint density at radius 1 is 0.935 bits per heavy atom. The normalized spacial score (nSPS) is 18.4. The molecular formula is C25H25N5O. The lowest BCUT2D eigenvalue weighted by Crippen LogP contribution is -2.31. The van der Waals surface area contributed by atoms with E-state index >= 15 is 0 Å². The fraction of sp³-hybridized carbons (Fsp3) is 0.320. The molecule has 0 aromatic heterocycles. The molecule has 0 amide bonds. The molecule has 0 spiro atoms. The van der Waals surface area contributed by atoms with Gasteiger partial charge in [0, 0.05) is 18.5 Å².